The lowest BCUT2D eigenvalue weighted by molar-refractivity contribution is 0.0947. The number of benzene rings is 1. The van der Waals surface area contributed by atoms with Gasteiger partial charge in [0.2, 0.25) is 0 Å². The number of hydrogen-bond donors (Lipinski definition) is 2. The molecule has 1 aromatic heterocycles. The Morgan fingerprint density at radius 2 is 2.24 bits per heavy atom. The lowest BCUT2D eigenvalue weighted by atomic mass is 10.2. The van der Waals surface area contributed by atoms with E-state index < -0.39 is 11.7 Å². The van der Waals surface area contributed by atoms with Crippen molar-refractivity contribution in [2.24, 2.45) is 0 Å². The van der Waals surface area contributed by atoms with Gasteiger partial charge in [0, 0.05) is 24.0 Å². The summed E-state index contributed by atoms with van der Waals surface area (Å²) >= 11 is 5.60. The Balaban J connectivity index is 2.04. The minimum absolute atomic E-state index is 0.00932. The number of carbonyl (C=O) groups excluding carboxylic acids is 1. The third kappa shape index (κ3) is 2.85. The van der Waals surface area contributed by atoms with Gasteiger partial charge in [-0.15, -0.1) is 0 Å². The van der Waals surface area contributed by atoms with Crippen LogP contribution in [0.4, 0.5) is 4.39 Å². The van der Waals surface area contributed by atoms with E-state index >= 15 is 0 Å². The van der Waals surface area contributed by atoms with Crippen LogP contribution in [-0.4, -0.2) is 10.9 Å². The Morgan fingerprint density at radius 3 is 2.88 bits per heavy atom. The van der Waals surface area contributed by atoms with Crippen molar-refractivity contribution in [3.05, 3.63) is 58.6 Å². The van der Waals surface area contributed by atoms with Gasteiger partial charge in [0.25, 0.3) is 5.91 Å². The molecule has 0 spiro atoms. The van der Waals surface area contributed by atoms with Crippen LogP contribution in [0.15, 0.2) is 36.7 Å². The van der Waals surface area contributed by atoms with E-state index in [9.17, 15) is 9.18 Å². The van der Waals surface area contributed by atoms with Gasteiger partial charge in [-0.2, -0.15) is 0 Å². The summed E-state index contributed by atoms with van der Waals surface area (Å²) in [4.78, 5) is 14.5. The first-order valence-corrected chi connectivity index (χ1v) is 5.39. The van der Waals surface area contributed by atoms with Gasteiger partial charge in [-0.05, 0) is 29.8 Å². The van der Waals surface area contributed by atoms with Gasteiger partial charge in [0.1, 0.15) is 5.82 Å². The number of amides is 1. The Kier molecular flexibility index (Phi) is 3.44. The standard InChI is InChI=1S/C12H10ClFN2O/c13-9-1-2-10(11(14)5-9)12(17)16-7-8-3-4-15-6-8/h1-6,15H,7H2,(H,16,17). The van der Waals surface area contributed by atoms with Crippen molar-refractivity contribution in [2.45, 2.75) is 6.54 Å². The van der Waals surface area contributed by atoms with Crippen LogP contribution in [0.25, 0.3) is 0 Å². The number of hydrogen-bond acceptors (Lipinski definition) is 1. The summed E-state index contributed by atoms with van der Waals surface area (Å²) in [5.74, 6) is -1.08. The average molecular weight is 253 g/mol. The first kappa shape index (κ1) is 11.7. The van der Waals surface area contributed by atoms with Gasteiger partial charge < -0.3 is 10.3 Å². The highest BCUT2D eigenvalue weighted by molar-refractivity contribution is 6.30. The molecule has 0 aliphatic rings. The normalized spacial score (nSPS) is 10.2. The number of halogens is 2. The van der Waals surface area contributed by atoms with Crippen molar-refractivity contribution >= 4 is 17.5 Å². The zero-order valence-electron chi connectivity index (χ0n) is 8.84. The maximum atomic E-state index is 13.4. The van der Waals surface area contributed by atoms with Gasteiger partial charge in [0.15, 0.2) is 0 Å². The molecule has 0 atom stereocenters. The van der Waals surface area contributed by atoms with Crippen LogP contribution < -0.4 is 5.32 Å². The van der Waals surface area contributed by atoms with Crippen molar-refractivity contribution in [1.29, 1.82) is 0 Å². The lowest BCUT2D eigenvalue weighted by Crippen LogP contribution is -2.23. The molecule has 1 amide bonds. The second-order valence-electron chi connectivity index (χ2n) is 3.53. The molecule has 2 aromatic rings. The van der Waals surface area contributed by atoms with Crippen LogP contribution in [0, 0.1) is 5.82 Å². The number of aromatic nitrogens is 1. The van der Waals surface area contributed by atoms with Crippen molar-refractivity contribution in [1.82, 2.24) is 10.3 Å². The Bertz CT molecular complexity index is 525. The summed E-state index contributed by atoms with van der Waals surface area (Å²) in [5.41, 5.74) is 0.914. The topological polar surface area (TPSA) is 44.9 Å². The van der Waals surface area contributed by atoms with Crippen LogP contribution >= 0.6 is 11.6 Å². The molecule has 1 heterocycles. The molecule has 0 saturated heterocycles. The number of H-pyrrole nitrogens is 1. The Morgan fingerprint density at radius 1 is 1.41 bits per heavy atom. The van der Waals surface area contributed by atoms with Crippen molar-refractivity contribution in [2.75, 3.05) is 0 Å². The highest BCUT2D eigenvalue weighted by Crippen LogP contribution is 2.14. The van der Waals surface area contributed by atoms with E-state index in [1.807, 2.05) is 6.07 Å². The third-order valence-electron chi connectivity index (χ3n) is 2.29. The summed E-state index contributed by atoms with van der Waals surface area (Å²) in [6.45, 7) is 0.352. The number of aromatic amines is 1. The summed E-state index contributed by atoms with van der Waals surface area (Å²) < 4.78 is 13.4. The van der Waals surface area contributed by atoms with E-state index in [4.69, 9.17) is 11.6 Å². The van der Waals surface area contributed by atoms with Gasteiger partial charge in [-0.3, -0.25) is 4.79 Å². The van der Waals surface area contributed by atoms with Crippen molar-refractivity contribution in [3.8, 4) is 0 Å². The van der Waals surface area contributed by atoms with Crippen LogP contribution in [0.5, 0.6) is 0 Å². The summed E-state index contributed by atoms with van der Waals surface area (Å²) in [5, 5.41) is 2.89. The molecule has 2 N–H and O–H groups in total. The summed E-state index contributed by atoms with van der Waals surface area (Å²) in [7, 11) is 0. The SMILES string of the molecule is O=C(NCc1cc[nH]c1)c1ccc(Cl)cc1F. The Labute approximate surface area is 103 Å². The summed E-state index contributed by atoms with van der Waals surface area (Å²) in [6.07, 6.45) is 3.52. The first-order valence-electron chi connectivity index (χ1n) is 5.02. The molecule has 88 valence electrons. The molecule has 0 fully saturated rings. The zero-order chi connectivity index (χ0) is 12.3. The summed E-state index contributed by atoms with van der Waals surface area (Å²) in [6, 6.07) is 5.80. The number of carbonyl (C=O) groups is 1. The second kappa shape index (κ2) is 5.01. The van der Waals surface area contributed by atoms with Crippen LogP contribution in [-0.2, 0) is 6.54 Å². The second-order valence-corrected chi connectivity index (χ2v) is 3.96. The third-order valence-corrected chi connectivity index (χ3v) is 2.53. The van der Waals surface area contributed by atoms with Gasteiger partial charge in [-0.1, -0.05) is 11.6 Å². The number of nitrogens with one attached hydrogen (secondary N) is 2. The minimum atomic E-state index is -0.621. The van der Waals surface area contributed by atoms with E-state index in [1.54, 1.807) is 12.4 Å². The molecule has 5 heteroatoms. The molecular weight excluding hydrogens is 243 g/mol. The minimum Gasteiger partial charge on any atom is -0.367 e. The van der Waals surface area contributed by atoms with Crippen molar-refractivity contribution < 1.29 is 9.18 Å². The Hall–Kier alpha value is -1.81. The maximum Gasteiger partial charge on any atom is 0.254 e. The van der Waals surface area contributed by atoms with E-state index in [2.05, 4.69) is 10.3 Å². The molecule has 0 unspecified atom stereocenters. The van der Waals surface area contributed by atoms with Gasteiger partial charge in [0.05, 0.1) is 5.56 Å². The van der Waals surface area contributed by atoms with Crippen LogP contribution in [0.1, 0.15) is 15.9 Å². The first-order chi connectivity index (χ1) is 8.16. The molecule has 0 bridgehead atoms. The van der Waals surface area contributed by atoms with Gasteiger partial charge >= 0.3 is 0 Å². The maximum absolute atomic E-state index is 13.4. The molecule has 0 aliphatic heterocycles. The quantitative estimate of drug-likeness (QED) is 0.867. The fraction of sp³-hybridized carbons (Fsp3) is 0.0833. The highest BCUT2D eigenvalue weighted by Gasteiger charge is 2.11. The van der Waals surface area contributed by atoms with E-state index in [0.29, 0.717) is 6.54 Å². The molecule has 0 saturated carbocycles. The average Bonchev–Trinajstić information content (AvgIpc) is 2.78. The monoisotopic (exact) mass is 252 g/mol. The van der Waals surface area contributed by atoms with E-state index in [-0.39, 0.29) is 10.6 Å². The molecule has 3 nitrogen and oxygen atoms in total. The molecular formula is C12H10ClFN2O. The van der Waals surface area contributed by atoms with Crippen LogP contribution in [0.2, 0.25) is 5.02 Å². The highest BCUT2D eigenvalue weighted by atomic mass is 35.5. The molecule has 17 heavy (non-hydrogen) atoms. The fourth-order valence-corrected chi connectivity index (χ4v) is 1.58. The molecule has 2 rings (SSSR count). The zero-order valence-corrected chi connectivity index (χ0v) is 9.59. The van der Waals surface area contributed by atoms with E-state index in [0.717, 1.165) is 11.6 Å². The fourth-order valence-electron chi connectivity index (χ4n) is 1.42. The molecule has 0 aliphatic carbocycles. The van der Waals surface area contributed by atoms with Crippen molar-refractivity contribution in [3.63, 3.8) is 0 Å². The molecule has 1 aromatic carbocycles. The molecule has 0 radical (unpaired) electrons. The van der Waals surface area contributed by atoms with E-state index in [1.165, 1.54) is 12.1 Å². The predicted molar refractivity (Wildman–Crippen MR) is 63.4 cm³/mol. The van der Waals surface area contributed by atoms with Crippen LogP contribution in [0.3, 0.4) is 0 Å². The lowest BCUT2D eigenvalue weighted by Gasteiger charge is -2.05. The predicted octanol–water partition coefficient (Wildman–Crippen LogP) is 2.74. The number of rotatable bonds is 3. The van der Waals surface area contributed by atoms with Gasteiger partial charge in [-0.25, -0.2) is 4.39 Å². The largest absolute Gasteiger partial charge is 0.367 e. The smallest absolute Gasteiger partial charge is 0.254 e.